The van der Waals surface area contributed by atoms with Gasteiger partial charge in [0.1, 0.15) is 12.2 Å². The lowest BCUT2D eigenvalue weighted by Crippen LogP contribution is -2.52. The van der Waals surface area contributed by atoms with E-state index < -0.39 is 0 Å². The van der Waals surface area contributed by atoms with Crippen LogP contribution in [0.4, 0.5) is 0 Å². The van der Waals surface area contributed by atoms with Gasteiger partial charge in [0.2, 0.25) is 5.91 Å². The van der Waals surface area contributed by atoms with Crippen molar-refractivity contribution in [2.75, 3.05) is 19.6 Å². The number of hydrogen-bond acceptors (Lipinski definition) is 4. The minimum Gasteiger partial charge on any atom is -0.339 e. The monoisotopic (exact) mass is 303 g/mol. The van der Waals surface area contributed by atoms with E-state index in [2.05, 4.69) is 20.0 Å². The molecule has 120 valence electrons. The van der Waals surface area contributed by atoms with E-state index in [1.54, 1.807) is 6.33 Å². The molecule has 0 bridgehead atoms. The van der Waals surface area contributed by atoms with Crippen LogP contribution in [0.2, 0.25) is 0 Å². The molecule has 1 amide bonds. The second-order valence-corrected chi connectivity index (χ2v) is 7.39. The normalized spacial score (nSPS) is 25.9. The summed E-state index contributed by atoms with van der Waals surface area (Å²) in [6.07, 6.45) is 8.48. The highest BCUT2D eigenvalue weighted by atomic mass is 16.2. The molecule has 0 atom stereocenters. The molecule has 0 N–H and O–H groups in total. The zero-order valence-corrected chi connectivity index (χ0v) is 13.4. The Bertz CT molecular complexity index is 557. The van der Waals surface area contributed by atoms with Crippen LogP contribution in [-0.2, 0) is 18.4 Å². The van der Waals surface area contributed by atoms with Crippen molar-refractivity contribution in [3.63, 3.8) is 0 Å². The lowest BCUT2D eigenvalue weighted by molar-refractivity contribution is -0.139. The molecule has 0 aromatic carbocycles. The van der Waals surface area contributed by atoms with Crippen molar-refractivity contribution in [2.45, 2.75) is 51.1 Å². The van der Waals surface area contributed by atoms with Gasteiger partial charge >= 0.3 is 0 Å². The number of aromatic nitrogens is 3. The fraction of sp³-hybridized carbons (Fsp3) is 0.812. The summed E-state index contributed by atoms with van der Waals surface area (Å²) < 4.78 is 2.00. The van der Waals surface area contributed by atoms with Crippen LogP contribution in [0.5, 0.6) is 0 Å². The molecule has 3 heterocycles. The second kappa shape index (κ2) is 5.33. The van der Waals surface area contributed by atoms with Crippen LogP contribution in [0.25, 0.3) is 0 Å². The van der Waals surface area contributed by atoms with Crippen molar-refractivity contribution in [3.8, 4) is 0 Å². The van der Waals surface area contributed by atoms with Gasteiger partial charge < -0.3 is 9.47 Å². The van der Waals surface area contributed by atoms with Crippen LogP contribution in [0.15, 0.2) is 6.33 Å². The minimum absolute atomic E-state index is 0.382. The van der Waals surface area contributed by atoms with Crippen LogP contribution in [0.3, 0.4) is 0 Å². The highest BCUT2D eigenvalue weighted by Gasteiger charge is 2.45. The van der Waals surface area contributed by atoms with Crippen molar-refractivity contribution in [3.05, 3.63) is 12.2 Å². The quantitative estimate of drug-likeness (QED) is 0.841. The Kier molecular flexibility index (Phi) is 3.44. The van der Waals surface area contributed by atoms with Crippen molar-refractivity contribution >= 4 is 5.91 Å². The SMILES string of the molecule is Cn1cnnc1CN1CCC2(CCC(=O)N(C3CC3)C2)CC1. The van der Waals surface area contributed by atoms with Crippen molar-refractivity contribution in [2.24, 2.45) is 12.5 Å². The number of rotatable bonds is 3. The van der Waals surface area contributed by atoms with Crippen LogP contribution in [0.1, 0.15) is 44.3 Å². The Hall–Kier alpha value is -1.43. The maximum Gasteiger partial charge on any atom is 0.222 e. The topological polar surface area (TPSA) is 54.3 Å². The number of likely N-dealkylation sites (tertiary alicyclic amines) is 2. The Labute approximate surface area is 131 Å². The first-order chi connectivity index (χ1) is 10.7. The van der Waals surface area contributed by atoms with Crippen molar-refractivity contribution < 1.29 is 4.79 Å². The molecular formula is C16H25N5O. The number of amides is 1. The van der Waals surface area contributed by atoms with E-state index in [0.717, 1.165) is 44.8 Å². The number of carbonyl (C=O) groups is 1. The summed E-state index contributed by atoms with van der Waals surface area (Å²) in [6, 6.07) is 0.571. The third-order valence-corrected chi connectivity index (χ3v) is 5.77. The summed E-state index contributed by atoms with van der Waals surface area (Å²) >= 11 is 0. The molecule has 2 saturated heterocycles. The lowest BCUT2D eigenvalue weighted by Gasteiger charge is -2.47. The molecule has 1 spiro atoms. The summed E-state index contributed by atoms with van der Waals surface area (Å²) in [5.41, 5.74) is 0.382. The second-order valence-electron chi connectivity index (χ2n) is 7.39. The van der Waals surface area contributed by atoms with Gasteiger partial charge in [-0.3, -0.25) is 9.69 Å². The molecule has 1 saturated carbocycles. The van der Waals surface area contributed by atoms with Gasteiger partial charge in [0, 0.05) is 26.1 Å². The number of piperidine rings is 2. The summed E-state index contributed by atoms with van der Waals surface area (Å²) in [5.74, 6) is 1.43. The van der Waals surface area contributed by atoms with Crippen LogP contribution < -0.4 is 0 Å². The Balaban J connectivity index is 1.36. The van der Waals surface area contributed by atoms with Gasteiger partial charge in [-0.25, -0.2) is 0 Å². The van der Waals surface area contributed by atoms with Gasteiger partial charge in [-0.2, -0.15) is 0 Å². The van der Waals surface area contributed by atoms with E-state index in [1.807, 2.05) is 11.6 Å². The average Bonchev–Trinajstić information content (AvgIpc) is 3.29. The van der Waals surface area contributed by atoms with Crippen molar-refractivity contribution in [1.29, 1.82) is 0 Å². The first-order valence-corrected chi connectivity index (χ1v) is 8.50. The summed E-state index contributed by atoms with van der Waals surface area (Å²) in [7, 11) is 2.00. The molecule has 2 aliphatic heterocycles. The van der Waals surface area contributed by atoms with Gasteiger partial charge in [0.05, 0.1) is 6.54 Å². The molecule has 1 aromatic rings. The molecule has 4 rings (SSSR count). The molecule has 22 heavy (non-hydrogen) atoms. The first-order valence-electron chi connectivity index (χ1n) is 8.50. The zero-order chi connectivity index (χ0) is 15.2. The molecule has 6 heteroatoms. The summed E-state index contributed by atoms with van der Waals surface area (Å²) in [6.45, 7) is 4.12. The minimum atomic E-state index is 0.382. The van der Waals surface area contributed by atoms with Crippen LogP contribution in [0, 0.1) is 5.41 Å². The molecule has 0 radical (unpaired) electrons. The first kappa shape index (κ1) is 14.2. The molecule has 6 nitrogen and oxygen atoms in total. The van der Waals surface area contributed by atoms with E-state index >= 15 is 0 Å². The summed E-state index contributed by atoms with van der Waals surface area (Å²) in [4.78, 5) is 16.8. The fourth-order valence-corrected chi connectivity index (χ4v) is 4.01. The van der Waals surface area contributed by atoms with Gasteiger partial charge in [0.15, 0.2) is 0 Å². The fourth-order valence-electron chi connectivity index (χ4n) is 4.01. The molecule has 1 aliphatic carbocycles. The third-order valence-electron chi connectivity index (χ3n) is 5.77. The molecule has 0 unspecified atom stereocenters. The van der Waals surface area contributed by atoms with E-state index in [9.17, 15) is 4.79 Å². The van der Waals surface area contributed by atoms with Gasteiger partial charge in [-0.15, -0.1) is 10.2 Å². The van der Waals surface area contributed by atoms with E-state index in [-0.39, 0.29) is 0 Å². The predicted octanol–water partition coefficient (Wildman–Crippen LogP) is 1.18. The molecular weight excluding hydrogens is 278 g/mol. The van der Waals surface area contributed by atoms with Crippen LogP contribution >= 0.6 is 0 Å². The average molecular weight is 303 g/mol. The standard InChI is InChI=1S/C16H25N5O/c1-19-12-17-18-14(19)10-20-8-6-16(7-9-20)5-4-15(22)21(11-16)13-2-3-13/h12-13H,2-11H2,1H3. The Morgan fingerprint density at radius 3 is 2.68 bits per heavy atom. The maximum absolute atomic E-state index is 12.1. The summed E-state index contributed by atoms with van der Waals surface area (Å²) in [5, 5.41) is 8.14. The molecule has 3 fully saturated rings. The lowest BCUT2D eigenvalue weighted by atomic mass is 9.72. The highest BCUT2D eigenvalue weighted by molar-refractivity contribution is 5.77. The Morgan fingerprint density at radius 2 is 2.05 bits per heavy atom. The van der Waals surface area contributed by atoms with E-state index in [0.29, 0.717) is 17.4 Å². The van der Waals surface area contributed by atoms with Gasteiger partial charge in [-0.05, 0) is 50.6 Å². The smallest absolute Gasteiger partial charge is 0.222 e. The number of aryl methyl sites for hydroxylation is 1. The number of carbonyl (C=O) groups excluding carboxylic acids is 1. The molecule has 3 aliphatic rings. The largest absolute Gasteiger partial charge is 0.339 e. The van der Waals surface area contributed by atoms with Crippen LogP contribution in [-0.4, -0.2) is 56.1 Å². The predicted molar refractivity (Wildman–Crippen MR) is 81.9 cm³/mol. The maximum atomic E-state index is 12.1. The highest BCUT2D eigenvalue weighted by Crippen LogP contribution is 2.43. The van der Waals surface area contributed by atoms with Crippen molar-refractivity contribution in [1.82, 2.24) is 24.6 Å². The molecule has 1 aromatic heterocycles. The van der Waals surface area contributed by atoms with Gasteiger partial charge in [0.25, 0.3) is 0 Å². The third kappa shape index (κ3) is 2.64. The zero-order valence-electron chi connectivity index (χ0n) is 13.4. The van der Waals surface area contributed by atoms with E-state index in [1.165, 1.54) is 25.7 Å². The number of nitrogens with zero attached hydrogens (tertiary/aromatic N) is 5. The van der Waals surface area contributed by atoms with Gasteiger partial charge in [-0.1, -0.05) is 0 Å². The Morgan fingerprint density at radius 1 is 1.27 bits per heavy atom. The van der Waals surface area contributed by atoms with E-state index in [4.69, 9.17) is 0 Å². The number of hydrogen-bond donors (Lipinski definition) is 0.